The number of fused-ring (bicyclic) bond motifs is 3. The van der Waals surface area contributed by atoms with Crippen molar-refractivity contribution in [1.82, 2.24) is 9.78 Å². The smallest absolute Gasteiger partial charge is 0.290 e. The van der Waals surface area contributed by atoms with Gasteiger partial charge in [0, 0.05) is 17.0 Å². The molecule has 1 heterocycles. The summed E-state index contributed by atoms with van der Waals surface area (Å²) in [4.78, 5) is 11.7. The number of nitrogens with zero attached hydrogens (tertiary/aromatic N) is 1. The molecule has 0 radical (unpaired) electrons. The van der Waals surface area contributed by atoms with E-state index in [0.717, 1.165) is 6.26 Å². The van der Waals surface area contributed by atoms with E-state index in [0.29, 0.717) is 16.5 Å². The quantitative estimate of drug-likeness (QED) is 0.549. The van der Waals surface area contributed by atoms with E-state index in [1.54, 1.807) is 0 Å². The number of aromatic amines is 1. The van der Waals surface area contributed by atoms with Gasteiger partial charge in [0.25, 0.3) is 0 Å². The Morgan fingerprint density at radius 1 is 0.929 bits per heavy atom. The maximum atomic E-state index is 13.6. The fraction of sp³-hybridized carbons (Fsp3) is 0.105. The van der Waals surface area contributed by atoms with Gasteiger partial charge in [-0.15, -0.1) is 0 Å². The van der Waals surface area contributed by atoms with Crippen molar-refractivity contribution in [1.29, 1.82) is 0 Å². The van der Waals surface area contributed by atoms with Crippen LogP contribution >= 0.6 is 0 Å². The lowest BCUT2D eigenvalue weighted by atomic mass is 10.1. The zero-order valence-electron chi connectivity index (χ0n) is 14.4. The number of aromatic nitrogens is 2. The third-order valence-corrected chi connectivity index (χ3v) is 5.61. The molecule has 0 fully saturated rings. The largest absolute Gasteiger partial charge is 0.433 e. The Hall–Kier alpha value is -3.07. The van der Waals surface area contributed by atoms with Gasteiger partial charge in [-0.05, 0) is 47.9 Å². The summed E-state index contributed by atoms with van der Waals surface area (Å²) in [5.41, 5.74) is -0.603. The second-order valence-corrected chi connectivity index (χ2v) is 8.45. The number of sulfone groups is 1. The molecule has 0 atom stereocenters. The molecular formula is C19H13F3N2O3S. The first kappa shape index (κ1) is 18.3. The third-order valence-electron chi connectivity index (χ3n) is 4.49. The molecule has 0 aliphatic carbocycles. The van der Waals surface area contributed by atoms with Crippen LogP contribution in [0.1, 0.15) is 5.69 Å². The highest BCUT2D eigenvalue weighted by Gasteiger charge is 2.36. The van der Waals surface area contributed by atoms with Gasteiger partial charge in [0.05, 0.1) is 16.1 Å². The highest BCUT2D eigenvalue weighted by atomic mass is 32.2. The van der Waals surface area contributed by atoms with Crippen LogP contribution in [0.4, 0.5) is 13.2 Å². The fourth-order valence-corrected chi connectivity index (χ4v) is 3.84. The SMILES string of the molecule is CS(=O)(=O)c1ccc(-n2[nH]c(C(F)(F)F)c3ccc4cc(=O)ccc4c32)cc1. The molecule has 1 aromatic heterocycles. The molecule has 9 heteroatoms. The molecule has 144 valence electrons. The monoisotopic (exact) mass is 406 g/mol. The van der Waals surface area contributed by atoms with Crippen LogP contribution in [0.5, 0.6) is 0 Å². The Kier molecular flexibility index (Phi) is 3.90. The van der Waals surface area contributed by atoms with Crippen LogP contribution in [0.2, 0.25) is 0 Å². The zero-order valence-corrected chi connectivity index (χ0v) is 15.2. The second-order valence-electron chi connectivity index (χ2n) is 6.43. The maximum absolute atomic E-state index is 13.6. The van der Waals surface area contributed by atoms with E-state index in [4.69, 9.17) is 0 Å². The van der Waals surface area contributed by atoms with Crippen molar-refractivity contribution in [2.45, 2.75) is 11.1 Å². The molecule has 0 saturated heterocycles. The summed E-state index contributed by atoms with van der Waals surface area (Å²) in [5, 5.41) is 3.30. The number of benzene rings is 3. The van der Waals surface area contributed by atoms with Crippen LogP contribution in [0.25, 0.3) is 27.4 Å². The first-order valence-electron chi connectivity index (χ1n) is 8.11. The van der Waals surface area contributed by atoms with E-state index in [9.17, 15) is 26.4 Å². The lowest BCUT2D eigenvalue weighted by Crippen LogP contribution is -2.07. The fourth-order valence-electron chi connectivity index (χ4n) is 3.21. The Morgan fingerprint density at radius 2 is 1.57 bits per heavy atom. The number of halogens is 3. The molecule has 28 heavy (non-hydrogen) atoms. The number of rotatable bonds is 2. The molecule has 1 N–H and O–H groups in total. The van der Waals surface area contributed by atoms with Crippen LogP contribution < -0.4 is 5.43 Å². The van der Waals surface area contributed by atoms with Crippen molar-refractivity contribution in [2.75, 3.05) is 6.26 Å². The molecular weight excluding hydrogens is 393 g/mol. The minimum atomic E-state index is -4.62. The van der Waals surface area contributed by atoms with Crippen LogP contribution in [-0.2, 0) is 16.0 Å². The second kappa shape index (κ2) is 5.96. The minimum absolute atomic E-state index is 0.0501. The molecule has 0 amide bonds. The van der Waals surface area contributed by atoms with Crippen molar-refractivity contribution < 1.29 is 21.6 Å². The van der Waals surface area contributed by atoms with E-state index in [2.05, 4.69) is 5.10 Å². The molecule has 0 spiro atoms. The van der Waals surface area contributed by atoms with E-state index < -0.39 is 21.7 Å². The van der Waals surface area contributed by atoms with Gasteiger partial charge in [0.2, 0.25) is 0 Å². The maximum Gasteiger partial charge on any atom is 0.433 e. The van der Waals surface area contributed by atoms with Gasteiger partial charge in [0.15, 0.2) is 15.3 Å². The van der Waals surface area contributed by atoms with Crippen molar-refractivity contribution in [3.05, 3.63) is 70.5 Å². The predicted octanol–water partition coefficient (Wildman–Crippen LogP) is 3.89. The molecule has 4 aromatic rings. The average molecular weight is 406 g/mol. The Morgan fingerprint density at radius 3 is 2.18 bits per heavy atom. The summed E-state index contributed by atoms with van der Waals surface area (Å²) in [7, 11) is -3.44. The number of alkyl halides is 3. The Bertz CT molecular complexity index is 1380. The molecule has 5 nitrogen and oxygen atoms in total. The van der Waals surface area contributed by atoms with E-state index >= 15 is 0 Å². The van der Waals surface area contributed by atoms with Gasteiger partial charge in [-0.25, -0.2) is 8.42 Å². The predicted molar refractivity (Wildman–Crippen MR) is 99.5 cm³/mol. The van der Waals surface area contributed by atoms with E-state index in [1.807, 2.05) is 0 Å². The molecule has 0 unspecified atom stereocenters. The summed E-state index contributed by atoms with van der Waals surface area (Å²) in [5.74, 6) is 0. The van der Waals surface area contributed by atoms with Gasteiger partial charge in [-0.2, -0.15) is 13.2 Å². The topological polar surface area (TPSA) is 71.9 Å². The normalized spacial score (nSPS) is 12.7. The number of hydrogen-bond acceptors (Lipinski definition) is 3. The first-order chi connectivity index (χ1) is 13.1. The Balaban J connectivity index is 2.08. The molecule has 0 aliphatic heterocycles. The van der Waals surface area contributed by atoms with Crippen molar-refractivity contribution >= 4 is 31.5 Å². The minimum Gasteiger partial charge on any atom is -0.290 e. The molecule has 4 rings (SSSR count). The van der Waals surface area contributed by atoms with E-state index in [-0.39, 0.29) is 21.2 Å². The number of nitrogens with one attached hydrogen (secondary N) is 1. The zero-order chi connectivity index (χ0) is 20.3. The van der Waals surface area contributed by atoms with Gasteiger partial charge in [0.1, 0.15) is 5.69 Å². The summed E-state index contributed by atoms with van der Waals surface area (Å²) in [6.45, 7) is 0. The van der Waals surface area contributed by atoms with Gasteiger partial charge >= 0.3 is 6.18 Å². The summed E-state index contributed by atoms with van der Waals surface area (Å²) in [6.07, 6.45) is -3.57. The van der Waals surface area contributed by atoms with E-state index in [1.165, 1.54) is 59.3 Å². The lowest BCUT2D eigenvalue weighted by Gasteiger charge is -2.08. The van der Waals surface area contributed by atoms with Gasteiger partial charge < -0.3 is 0 Å². The van der Waals surface area contributed by atoms with Crippen molar-refractivity contribution in [3.8, 4) is 5.69 Å². The summed E-state index contributed by atoms with van der Waals surface area (Å²) >= 11 is 0. The van der Waals surface area contributed by atoms with Crippen LogP contribution in [0.15, 0.2) is 64.3 Å². The lowest BCUT2D eigenvalue weighted by molar-refractivity contribution is -0.140. The molecule has 0 saturated carbocycles. The Labute approximate surface area is 156 Å². The van der Waals surface area contributed by atoms with Crippen LogP contribution in [0.3, 0.4) is 0 Å². The first-order valence-corrected chi connectivity index (χ1v) is 10.00. The van der Waals surface area contributed by atoms with Gasteiger partial charge in [-0.1, -0.05) is 12.1 Å². The average Bonchev–Trinajstić information content (AvgIpc) is 3.01. The highest BCUT2D eigenvalue weighted by Crippen LogP contribution is 2.37. The number of H-pyrrole nitrogens is 1. The van der Waals surface area contributed by atoms with Crippen LogP contribution in [0, 0.1) is 0 Å². The molecule has 0 aliphatic rings. The number of hydrogen-bond donors (Lipinski definition) is 1. The van der Waals surface area contributed by atoms with Crippen molar-refractivity contribution in [3.63, 3.8) is 0 Å². The summed E-state index contributed by atoms with van der Waals surface area (Å²) < 4.78 is 65.2. The summed E-state index contributed by atoms with van der Waals surface area (Å²) in [6, 6.07) is 12.4. The third kappa shape index (κ3) is 2.97. The standard InChI is InChI=1S/C19H13F3N2O3S/c1-28(26,27)14-6-3-12(4-7-14)24-17-15-9-5-13(25)10-11(15)2-8-16(17)18(23-24)19(20,21)22/h2-10,23H,1H3. The van der Waals surface area contributed by atoms with Crippen molar-refractivity contribution in [2.24, 2.45) is 0 Å². The highest BCUT2D eigenvalue weighted by molar-refractivity contribution is 7.90. The molecule has 0 bridgehead atoms. The van der Waals surface area contributed by atoms with Gasteiger partial charge in [-0.3, -0.25) is 14.6 Å². The molecule has 3 aromatic carbocycles. The van der Waals surface area contributed by atoms with Crippen LogP contribution in [-0.4, -0.2) is 24.5 Å².